The van der Waals surface area contributed by atoms with E-state index in [1.165, 1.54) is 16.8 Å². The number of aromatic nitrogens is 3. The largest absolute Gasteiger partial charge is 0.486 e. The minimum Gasteiger partial charge on any atom is -0.486 e. The van der Waals surface area contributed by atoms with Crippen molar-refractivity contribution in [3.05, 3.63) is 64.2 Å². The predicted molar refractivity (Wildman–Crippen MR) is 99.7 cm³/mol. The number of nitrogens with zero attached hydrogens (tertiary/aromatic N) is 3. The van der Waals surface area contributed by atoms with Crippen LogP contribution >= 0.6 is 11.6 Å². The van der Waals surface area contributed by atoms with E-state index in [1.807, 2.05) is 0 Å². The van der Waals surface area contributed by atoms with E-state index >= 15 is 0 Å². The average Bonchev–Trinajstić information content (AvgIpc) is 3.08. The van der Waals surface area contributed by atoms with Gasteiger partial charge in [-0.15, -0.1) is 5.10 Å². The summed E-state index contributed by atoms with van der Waals surface area (Å²) in [6, 6.07) is 9.27. The van der Waals surface area contributed by atoms with Gasteiger partial charge in [-0.05, 0) is 48.9 Å². The van der Waals surface area contributed by atoms with Gasteiger partial charge in [0.05, 0.1) is 16.4 Å². The first-order chi connectivity index (χ1) is 13.5. The highest BCUT2D eigenvalue weighted by Gasteiger charge is 2.19. The second kappa shape index (κ2) is 7.47. The molecule has 0 saturated carbocycles. The molecule has 0 bridgehead atoms. The van der Waals surface area contributed by atoms with Crippen molar-refractivity contribution in [3.63, 3.8) is 0 Å². The summed E-state index contributed by atoms with van der Waals surface area (Å²) >= 11 is 6.22. The van der Waals surface area contributed by atoms with Crippen molar-refractivity contribution in [3.8, 4) is 17.2 Å². The maximum absolute atomic E-state index is 13.1. The van der Waals surface area contributed by atoms with Crippen molar-refractivity contribution in [2.45, 2.75) is 13.5 Å². The molecule has 1 aliphatic heterocycles. The minimum atomic E-state index is -0.378. The van der Waals surface area contributed by atoms with Crippen molar-refractivity contribution in [2.75, 3.05) is 13.2 Å². The van der Waals surface area contributed by atoms with Gasteiger partial charge in [0.2, 0.25) is 0 Å². The monoisotopic (exact) mass is 402 g/mol. The van der Waals surface area contributed by atoms with Crippen LogP contribution in [-0.2, 0) is 6.54 Å². The first kappa shape index (κ1) is 18.2. The summed E-state index contributed by atoms with van der Waals surface area (Å²) in [7, 11) is 0. The molecule has 2 aromatic carbocycles. The Labute approximate surface area is 165 Å². The second-order valence-corrected chi connectivity index (χ2v) is 6.60. The molecule has 144 valence electrons. The maximum Gasteiger partial charge on any atom is 0.274 e. The van der Waals surface area contributed by atoms with Crippen LogP contribution in [-0.4, -0.2) is 34.1 Å². The Hall–Kier alpha value is -3.13. The summed E-state index contributed by atoms with van der Waals surface area (Å²) in [4.78, 5) is 12.5. The smallest absolute Gasteiger partial charge is 0.274 e. The molecule has 1 N–H and O–H groups in total. The molecule has 0 spiro atoms. The molecular weight excluding hydrogens is 387 g/mol. The Morgan fingerprint density at radius 1 is 1.25 bits per heavy atom. The lowest BCUT2D eigenvalue weighted by Crippen LogP contribution is -2.24. The molecule has 0 fully saturated rings. The number of nitrogens with one attached hydrogen (secondary N) is 1. The molecule has 0 radical (unpaired) electrons. The zero-order valence-corrected chi connectivity index (χ0v) is 15.7. The van der Waals surface area contributed by atoms with Gasteiger partial charge in [0.15, 0.2) is 17.2 Å². The molecule has 0 saturated heterocycles. The summed E-state index contributed by atoms with van der Waals surface area (Å²) in [6.45, 7) is 2.86. The van der Waals surface area contributed by atoms with E-state index in [0.717, 1.165) is 5.56 Å². The van der Waals surface area contributed by atoms with Crippen LogP contribution in [0.15, 0.2) is 36.4 Å². The zero-order valence-electron chi connectivity index (χ0n) is 14.9. The summed E-state index contributed by atoms with van der Waals surface area (Å²) in [5.74, 6) is 0.344. The molecular formula is C19H16ClFN4O3. The van der Waals surface area contributed by atoms with Crippen LogP contribution in [0.2, 0.25) is 5.02 Å². The minimum absolute atomic E-state index is 0.188. The Bertz CT molecular complexity index is 1040. The van der Waals surface area contributed by atoms with Crippen LogP contribution in [0.25, 0.3) is 5.69 Å². The van der Waals surface area contributed by atoms with E-state index in [0.29, 0.717) is 41.1 Å². The van der Waals surface area contributed by atoms with E-state index in [4.69, 9.17) is 21.1 Å². The van der Waals surface area contributed by atoms with Crippen LogP contribution < -0.4 is 14.8 Å². The summed E-state index contributed by atoms with van der Waals surface area (Å²) in [5, 5.41) is 11.2. The zero-order chi connectivity index (χ0) is 19.7. The Morgan fingerprint density at radius 2 is 2.00 bits per heavy atom. The highest BCUT2D eigenvalue weighted by atomic mass is 35.5. The molecule has 9 heteroatoms. The molecule has 7 nitrogen and oxygen atoms in total. The number of hydrogen-bond donors (Lipinski definition) is 1. The van der Waals surface area contributed by atoms with Crippen LogP contribution in [0.1, 0.15) is 21.7 Å². The van der Waals surface area contributed by atoms with Gasteiger partial charge in [0, 0.05) is 6.54 Å². The topological polar surface area (TPSA) is 78.3 Å². The first-order valence-electron chi connectivity index (χ1n) is 8.57. The van der Waals surface area contributed by atoms with Crippen LogP contribution in [0.4, 0.5) is 4.39 Å². The normalized spacial score (nSPS) is 12.7. The predicted octanol–water partition coefficient (Wildman–Crippen LogP) is 3.07. The van der Waals surface area contributed by atoms with E-state index in [9.17, 15) is 9.18 Å². The molecule has 1 aliphatic rings. The Morgan fingerprint density at radius 3 is 2.79 bits per heavy atom. The quantitative estimate of drug-likeness (QED) is 0.725. The molecule has 0 atom stereocenters. The van der Waals surface area contributed by atoms with E-state index in [2.05, 4.69) is 15.6 Å². The Kier molecular flexibility index (Phi) is 4.87. The van der Waals surface area contributed by atoms with Crippen molar-refractivity contribution in [2.24, 2.45) is 0 Å². The molecule has 0 unspecified atom stereocenters. The molecule has 1 aromatic heterocycles. The first-order valence-corrected chi connectivity index (χ1v) is 8.95. The molecule has 3 aromatic rings. The molecule has 1 amide bonds. The van der Waals surface area contributed by atoms with E-state index in [-0.39, 0.29) is 24.0 Å². The average molecular weight is 403 g/mol. The van der Waals surface area contributed by atoms with Crippen molar-refractivity contribution >= 4 is 17.5 Å². The number of rotatable bonds is 4. The van der Waals surface area contributed by atoms with Gasteiger partial charge in [-0.25, -0.2) is 9.07 Å². The second-order valence-electron chi connectivity index (χ2n) is 6.20. The van der Waals surface area contributed by atoms with Crippen LogP contribution in [0, 0.1) is 12.7 Å². The number of carbonyl (C=O) groups excluding carboxylic acids is 1. The third-order valence-corrected chi connectivity index (χ3v) is 4.57. The van der Waals surface area contributed by atoms with Crippen LogP contribution in [0.3, 0.4) is 0 Å². The number of fused-ring (bicyclic) bond motifs is 1. The molecule has 2 heterocycles. The van der Waals surface area contributed by atoms with Gasteiger partial charge in [0.25, 0.3) is 5.91 Å². The van der Waals surface area contributed by atoms with Gasteiger partial charge in [-0.1, -0.05) is 16.8 Å². The van der Waals surface area contributed by atoms with E-state index < -0.39 is 0 Å². The third-order valence-electron chi connectivity index (χ3n) is 4.29. The van der Waals surface area contributed by atoms with Crippen LogP contribution in [0.5, 0.6) is 11.5 Å². The van der Waals surface area contributed by atoms with Gasteiger partial charge >= 0.3 is 0 Å². The lowest BCUT2D eigenvalue weighted by Gasteiger charge is -2.20. The number of amides is 1. The SMILES string of the molecule is Cc1c(C(=O)NCc2cc(Cl)c3c(c2)OCCO3)nnn1-c1ccc(F)cc1. The van der Waals surface area contributed by atoms with Crippen molar-refractivity contribution < 1.29 is 18.7 Å². The summed E-state index contributed by atoms with van der Waals surface area (Å²) in [5.41, 5.74) is 2.12. The van der Waals surface area contributed by atoms with Gasteiger partial charge in [0.1, 0.15) is 19.0 Å². The van der Waals surface area contributed by atoms with Gasteiger partial charge < -0.3 is 14.8 Å². The fraction of sp³-hybridized carbons (Fsp3) is 0.211. The summed E-state index contributed by atoms with van der Waals surface area (Å²) in [6.07, 6.45) is 0. The fourth-order valence-electron chi connectivity index (χ4n) is 2.90. The maximum atomic E-state index is 13.1. The molecule has 28 heavy (non-hydrogen) atoms. The van der Waals surface area contributed by atoms with E-state index in [1.54, 1.807) is 31.2 Å². The van der Waals surface area contributed by atoms with Gasteiger partial charge in [-0.2, -0.15) is 0 Å². The van der Waals surface area contributed by atoms with Crippen molar-refractivity contribution in [1.82, 2.24) is 20.3 Å². The number of halogens is 2. The number of ether oxygens (including phenoxy) is 2. The lowest BCUT2D eigenvalue weighted by atomic mass is 10.2. The summed E-state index contributed by atoms with van der Waals surface area (Å²) < 4.78 is 25.6. The molecule has 0 aliphatic carbocycles. The number of hydrogen-bond acceptors (Lipinski definition) is 5. The standard InChI is InChI=1S/C19H16ClFN4O3/c1-11-17(23-24-25(11)14-4-2-13(21)3-5-14)19(26)22-10-12-8-15(20)18-16(9-12)27-6-7-28-18/h2-5,8-9H,6-7,10H2,1H3,(H,22,26). The lowest BCUT2D eigenvalue weighted by molar-refractivity contribution is 0.0945. The van der Waals surface area contributed by atoms with Gasteiger partial charge in [-0.3, -0.25) is 4.79 Å². The fourth-order valence-corrected chi connectivity index (χ4v) is 3.19. The highest BCUT2D eigenvalue weighted by molar-refractivity contribution is 6.32. The Balaban J connectivity index is 1.49. The molecule has 4 rings (SSSR count). The third kappa shape index (κ3) is 3.50. The van der Waals surface area contributed by atoms with Crippen molar-refractivity contribution in [1.29, 1.82) is 0 Å². The number of benzene rings is 2. The highest BCUT2D eigenvalue weighted by Crippen LogP contribution is 2.38. The number of carbonyl (C=O) groups is 1.